The molecule has 0 aromatic carbocycles. The number of hydrogen-bond acceptors (Lipinski definition) is 5. The number of hydrogen-bond donors (Lipinski definition) is 2. The molecule has 0 aliphatic carbocycles. The summed E-state index contributed by atoms with van der Waals surface area (Å²) in [5.41, 5.74) is 0.804. The number of nitrogens with zero attached hydrogens (tertiary/aromatic N) is 2. The Hall–Kier alpha value is -1.17. The standard InChI is InChI=1S/C12H18N2O3/c1-9-5-14(6-11(8-16)17-9)12-10(7-15)3-2-4-13-12/h2-4,9,11,15-16H,5-8H2,1H3. The fourth-order valence-electron chi connectivity index (χ4n) is 2.16. The van der Waals surface area contributed by atoms with Crippen molar-refractivity contribution in [3.05, 3.63) is 23.9 Å². The summed E-state index contributed by atoms with van der Waals surface area (Å²) in [6.45, 7) is 3.27. The Labute approximate surface area is 101 Å². The number of ether oxygens (including phenoxy) is 1. The molecule has 1 aliphatic rings. The molecule has 2 unspecified atom stereocenters. The second kappa shape index (κ2) is 5.44. The highest BCUT2D eigenvalue weighted by Crippen LogP contribution is 2.21. The number of pyridine rings is 1. The van der Waals surface area contributed by atoms with Crippen molar-refractivity contribution in [2.75, 3.05) is 24.6 Å². The molecule has 0 bridgehead atoms. The lowest BCUT2D eigenvalue weighted by atomic mass is 10.2. The molecule has 1 aliphatic heterocycles. The molecule has 2 atom stereocenters. The van der Waals surface area contributed by atoms with Crippen molar-refractivity contribution in [3.63, 3.8) is 0 Å². The predicted octanol–water partition coefficient (Wildman–Crippen LogP) is 0.160. The van der Waals surface area contributed by atoms with Gasteiger partial charge in [0, 0.05) is 24.8 Å². The van der Waals surface area contributed by atoms with E-state index in [2.05, 4.69) is 9.88 Å². The molecule has 5 heteroatoms. The third kappa shape index (κ3) is 2.74. The Bertz CT molecular complexity index is 373. The SMILES string of the molecule is CC1CN(c2ncccc2CO)CC(CO)O1. The molecule has 0 radical (unpaired) electrons. The van der Waals surface area contributed by atoms with E-state index in [1.54, 1.807) is 6.20 Å². The first-order valence-corrected chi connectivity index (χ1v) is 5.80. The van der Waals surface area contributed by atoms with E-state index in [9.17, 15) is 10.2 Å². The van der Waals surface area contributed by atoms with Crippen molar-refractivity contribution in [2.45, 2.75) is 25.7 Å². The second-order valence-corrected chi connectivity index (χ2v) is 4.30. The largest absolute Gasteiger partial charge is 0.394 e. The molecule has 1 aromatic rings. The molecule has 0 spiro atoms. The summed E-state index contributed by atoms with van der Waals surface area (Å²) >= 11 is 0. The highest BCUT2D eigenvalue weighted by Gasteiger charge is 2.26. The second-order valence-electron chi connectivity index (χ2n) is 4.30. The summed E-state index contributed by atoms with van der Waals surface area (Å²) in [6.07, 6.45) is 1.57. The van der Waals surface area contributed by atoms with Crippen LogP contribution in [-0.2, 0) is 11.3 Å². The lowest BCUT2D eigenvalue weighted by Gasteiger charge is -2.37. The summed E-state index contributed by atoms with van der Waals surface area (Å²) in [5, 5.41) is 18.5. The number of morpholine rings is 1. The minimum Gasteiger partial charge on any atom is -0.394 e. The minimum atomic E-state index is -0.188. The van der Waals surface area contributed by atoms with Crippen LogP contribution < -0.4 is 4.90 Å². The van der Waals surface area contributed by atoms with Gasteiger partial charge >= 0.3 is 0 Å². The number of rotatable bonds is 3. The molecule has 0 saturated carbocycles. The van der Waals surface area contributed by atoms with Gasteiger partial charge in [0.25, 0.3) is 0 Å². The Morgan fingerprint density at radius 2 is 2.29 bits per heavy atom. The van der Waals surface area contributed by atoms with Crippen LogP contribution in [0.3, 0.4) is 0 Å². The minimum absolute atomic E-state index is 0.00211. The van der Waals surface area contributed by atoms with Crippen LogP contribution in [0.2, 0.25) is 0 Å². The van der Waals surface area contributed by atoms with Gasteiger partial charge in [-0.25, -0.2) is 4.98 Å². The van der Waals surface area contributed by atoms with Crippen molar-refractivity contribution in [1.82, 2.24) is 4.98 Å². The molecule has 2 heterocycles. The van der Waals surface area contributed by atoms with Gasteiger partial charge in [-0.05, 0) is 13.0 Å². The molecule has 94 valence electrons. The summed E-state index contributed by atoms with van der Waals surface area (Å²) in [4.78, 5) is 6.36. The summed E-state index contributed by atoms with van der Waals surface area (Å²) in [6, 6.07) is 3.67. The van der Waals surface area contributed by atoms with Crippen molar-refractivity contribution in [1.29, 1.82) is 0 Å². The van der Waals surface area contributed by atoms with Crippen LogP contribution in [0, 0.1) is 0 Å². The molecule has 17 heavy (non-hydrogen) atoms. The number of aliphatic hydroxyl groups excluding tert-OH is 2. The third-order valence-corrected chi connectivity index (χ3v) is 2.87. The van der Waals surface area contributed by atoms with Crippen molar-refractivity contribution in [3.8, 4) is 0 Å². The van der Waals surface area contributed by atoms with Gasteiger partial charge < -0.3 is 19.8 Å². The van der Waals surface area contributed by atoms with Gasteiger partial charge in [-0.3, -0.25) is 0 Å². The average Bonchev–Trinajstić information content (AvgIpc) is 2.37. The zero-order valence-corrected chi connectivity index (χ0v) is 9.91. The smallest absolute Gasteiger partial charge is 0.134 e. The lowest BCUT2D eigenvalue weighted by Crippen LogP contribution is -2.48. The van der Waals surface area contributed by atoms with Crippen LogP contribution in [0.1, 0.15) is 12.5 Å². The van der Waals surface area contributed by atoms with E-state index < -0.39 is 0 Å². The quantitative estimate of drug-likeness (QED) is 0.785. The fraction of sp³-hybridized carbons (Fsp3) is 0.583. The first-order chi connectivity index (χ1) is 8.24. The molecule has 2 N–H and O–H groups in total. The van der Waals surface area contributed by atoms with Crippen molar-refractivity contribution < 1.29 is 14.9 Å². The Morgan fingerprint density at radius 3 is 3.00 bits per heavy atom. The van der Waals surface area contributed by atoms with Gasteiger partial charge in [0.2, 0.25) is 0 Å². The molecule has 1 saturated heterocycles. The predicted molar refractivity (Wildman–Crippen MR) is 63.8 cm³/mol. The zero-order chi connectivity index (χ0) is 12.3. The van der Waals surface area contributed by atoms with Gasteiger partial charge in [0.05, 0.1) is 25.4 Å². The van der Waals surface area contributed by atoms with E-state index in [0.29, 0.717) is 6.54 Å². The van der Waals surface area contributed by atoms with Crippen LogP contribution in [0.5, 0.6) is 0 Å². The van der Waals surface area contributed by atoms with Gasteiger partial charge in [-0.15, -0.1) is 0 Å². The summed E-state index contributed by atoms with van der Waals surface area (Å²) < 4.78 is 5.58. The van der Waals surface area contributed by atoms with Crippen LogP contribution in [0.4, 0.5) is 5.82 Å². The van der Waals surface area contributed by atoms with E-state index in [4.69, 9.17) is 4.74 Å². The third-order valence-electron chi connectivity index (χ3n) is 2.87. The molecule has 5 nitrogen and oxygen atoms in total. The number of aromatic nitrogens is 1. The normalized spacial score (nSPS) is 25.0. The van der Waals surface area contributed by atoms with E-state index in [1.807, 2.05) is 19.1 Å². The van der Waals surface area contributed by atoms with E-state index >= 15 is 0 Å². The summed E-state index contributed by atoms with van der Waals surface area (Å²) in [5.74, 6) is 0.781. The lowest BCUT2D eigenvalue weighted by molar-refractivity contribution is -0.0423. The number of anilines is 1. The Balaban J connectivity index is 2.20. The molecular formula is C12H18N2O3. The topological polar surface area (TPSA) is 65.8 Å². The first-order valence-electron chi connectivity index (χ1n) is 5.80. The maximum atomic E-state index is 9.29. The molecule has 0 amide bonds. The molecule has 1 aromatic heterocycles. The van der Waals surface area contributed by atoms with Crippen LogP contribution in [-0.4, -0.2) is 47.1 Å². The number of aliphatic hydroxyl groups is 2. The monoisotopic (exact) mass is 238 g/mol. The molecule has 2 rings (SSSR count). The highest BCUT2D eigenvalue weighted by atomic mass is 16.5. The van der Waals surface area contributed by atoms with Gasteiger partial charge in [0.1, 0.15) is 5.82 Å². The van der Waals surface area contributed by atoms with Gasteiger partial charge in [-0.2, -0.15) is 0 Å². The highest BCUT2D eigenvalue weighted by molar-refractivity contribution is 5.47. The molecule has 1 fully saturated rings. The van der Waals surface area contributed by atoms with Gasteiger partial charge in [0.15, 0.2) is 0 Å². The van der Waals surface area contributed by atoms with Crippen LogP contribution in [0.15, 0.2) is 18.3 Å². The van der Waals surface area contributed by atoms with E-state index in [0.717, 1.165) is 17.9 Å². The average molecular weight is 238 g/mol. The molecular weight excluding hydrogens is 220 g/mol. The van der Waals surface area contributed by atoms with Crippen LogP contribution in [0.25, 0.3) is 0 Å². The maximum absolute atomic E-state index is 9.29. The van der Waals surface area contributed by atoms with Crippen molar-refractivity contribution >= 4 is 5.82 Å². The van der Waals surface area contributed by atoms with Crippen LogP contribution >= 0.6 is 0 Å². The first kappa shape index (κ1) is 12.3. The maximum Gasteiger partial charge on any atom is 0.134 e. The Morgan fingerprint density at radius 1 is 1.47 bits per heavy atom. The van der Waals surface area contributed by atoms with Crippen molar-refractivity contribution in [2.24, 2.45) is 0 Å². The zero-order valence-electron chi connectivity index (χ0n) is 9.91. The fourth-order valence-corrected chi connectivity index (χ4v) is 2.16. The van der Waals surface area contributed by atoms with Gasteiger partial charge in [-0.1, -0.05) is 6.07 Å². The summed E-state index contributed by atoms with van der Waals surface area (Å²) in [7, 11) is 0. The van der Waals surface area contributed by atoms with E-state index in [1.165, 1.54) is 0 Å². The van der Waals surface area contributed by atoms with E-state index in [-0.39, 0.29) is 25.4 Å². The Kier molecular flexibility index (Phi) is 3.93.